The minimum Gasteiger partial charge on any atom is -0.508 e. The average Bonchev–Trinajstić information content (AvgIpc) is 2.93. The summed E-state index contributed by atoms with van der Waals surface area (Å²) in [5.41, 5.74) is 1.84. The molecule has 2 aromatic rings. The predicted octanol–water partition coefficient (Wildman–Crippen LogP) is 3.68. The molecule has 3 rings (SSSR count). The summed E-state index contributed by atoms with van der Waals surface area (Å²) >= 11 is 0. The molecule has 0 radical (unpaired) electrons. The molecule has 1 heterocycles. The summed E-state index contributed by atoms with van der Waals surface area (Å²) in [6, 6.07) is 13.2. The van der Waals surface area contributed by atoms with Crippen molar-refractivity contribution in [1.82, 2.24) is 0 Å². The number of rotatable bonds is 4. The molecule has 0 saturated carbocycles. The average molecular weight is 271 g/mol. The van der Waals surface area contributed by atoms with Crippen LogP contribution < -0.4 is 14.8 Å². The molecule has 1 aliphatic heterocycles. The van der Waals surface area contributed by atoms with Gasteiger partial charge in [-0.15, -0.1) is 0 Å². The molecule has 1 unspecified atom stereocenters. The summed E-state index contributed by atoms with van der Waals surface area (Å²) in [6.45, 7) is 2.35. The number of anilines is 1. The van der Waals surface area contributed by atoms with Crippen LogP contribution in [0.4, 0.5) is 5.69 Å². The number of phenolic OH excluding ortho intramolecular Hbond substituents is 1. The quantitative estimate of drug-likeness (QED) is 0.890. The van der Waals surface area contributed by atoms with Crippen LogP contribution in [0, 0.1) is 0 Å². The van der Waals surface area contributed by atoms with Gasteiger partial charge >= 0.3 is 0 Å². The molecule has 0 saturated heterocycles. The molecule has 0 spiro atoms. The van der Waals surface area contributed by atoms with Crippen LogP contribution in [0.3, 0.4) is 0 Å². The van der Waals surface area contributed by atoms with E-state index in [4.69, 9.17) is 9.47 Å². The number of para-hydroxylation sites is 1. The van der Waals surface area contributed by atoms with Gasteiger partial charge in [0.25, 0.3) is 0 Å². The number of nitrogens with one attached hydrogen (secondary N) is 1. The van der Waals surface area contributed by atoms with Gasteiger partial charge in [0.1, 0.15) is 5.75 Å². The highest BCUT2D eigenvalue weighted by molar-refractivity contribution is 5.57. The second kappa shape index (κ2) is 5.33. The number of fused-ring (bicyclic) bond motifs is 1. The lowest BCUT2D eigenvalue weighted by Gasteiger charge is -2.20. The summed E-state index contributed by atoms with van der Waals surface area (Å²) in [6.07, 6.45) is 0.867. The van der Waals surface area contributed by atoms with E-state index in [0.717, 1.165) is 29.2 Å². The standard InChI is InChI=1S/C16H17NO3/c1-2-13(12-5-3-4-6-14(12)18)17-11-7-8-15-16(9-11)20-10-19-15/h3-9,13,17-18H,2,10H2,1H3. The Morgan fingerprint density at radius 2 is 1.95 bits per heavy atom. The van der Waals surface area contributed by atoms with E-state index in [0.29, 0.717) is 5.75 Å². The van der Waals surface area contributed by atoms with E-state index in [1.807, 2.05) is 36.4 Å². The van der Waals surface area contributed by atoms with Crippen LogP contribution in [0.1, 0.15) is 24.9 Å². The summed E-state index contributed by atoms with van der Waals surface area (Å²) in [5.74, 6) is 1.83. The van der Waals surface area contributed by atoms with Gasteiger partial charge in [-0.25, -0.2) is 0 Å². The smallest absolute Gasteiger partial charge is 0.231 e. The molecule has 0 bridgehead atoms. The molecule has 0 fully saturated rings. The van der Waals surface area contributed by atoms with E-state index in [2.05, 4.69) is 12.2 Å². The maximum Gasteiger partial charge on any atom is 0.231 e. The Bertz CT molecular complexity index is 612. The fourth-order valence-electron chi connectivity index (χ4n) is 2.37. The Labute approximate surface area is 118 Å². The summed E-state index contributed by atoms with van der Waals surface area (Å²) in [4.78, 5) is 0. The Kier molecular flexibility index (Phi) is 3.37. The predicted molar refractivity (Wildman–Crippen MR) is 77.3 cm³/mol. The number of ether oxygens (including phenoxy) is 2. The van der Waals surface area contributed by atoms with Crippen LogP contribution in [-0.2, 0) is 0 Å². The molecule has 4 nitrogen and oxygen atoms in total. The lowest BCUT2D eigenvalue weighted by molar-refractivity contribution is 0.174. The first-order valence-electron chi connectivity index (χ1n) is 6.72. The molecule has 2 aromatic carbocycles. The minimum absolute atomic E-state index is 0.0524. The van der Waals surface area contributed by atoms with E-state index in [9.17, 15) is 5.11 Å². The highest BCUT2D eigenvalue weighted by atomic mass is 16.7. The van der Waals surface area contributed by atoms with E-state index < -0.39 is 0 Å². The van der Waals surface area contributed by atoms with E-state index in [-0.39, 0.29) is 12.8 Å². The van der Waals surface area contributed by atoms with Gasteiger partial charge in [0.15, 0.2) is 11.5 Å². The molecular formula is C16H17NO3. The molecule has 0 amide bonds. The van der Waals surface area contributed by atoms with Gasteiger partial charge in [-0.3, -0.25) is 0 Å². The summed E-state index contributed by atoms with van der Waals surface area (Å²) in [5, 5.41) is 13.4. The fraction of sp³-hybridized carbons (Fsp3) is 0.250. The Hall–Kier alpha value is -2.36. The summed E-state index contributed by atoms with van der Waals surface area (Å²) in [7, 11) is 0. The minimum atomic E-state index is 0.0524. The molecule has 0 aliphatic carbocycles. The molecule has 0 aromatic heterocycles. The van der Waals surface area contributed by atoms with Crippen molar-refractivity contribution in [3.05, 3.63) is 48.0 Å². The molecule has 1 atom stereocenters. The highest BCUT2D eigenvalue weighted by Crippen LogP contribution is 2.36. The van der Waals surface area contributed by atoms with Gasteiger partial charge in [-0.05, 0) is 24.6 Å². The number of phenols is 1. The third-order valence-electron chi connectivity index (χ3n) is 3.43. The number of hydrogen-bond donors (Lipinski definition) is 2. The van der Waals surface area contributed by atoms with Crippen LogP contribution in [0.2, 0.25) is 0 Å². The zero-order chi connectivity index (χ0) is 13.9. The number of benzene rings is 2. The Morgan fingerprint density at radius 1 is 1.15 bits per heavy atom. The van der Waals surface area contributed by atoms with E-state index in [1.54, 1.807) is 6.07 Å². The van der Waals surface area contributed by atoms with Crippen molar-refractivity contribution in [2.24, 2.45) is 0 Å². The van der Waals surface area contributed by atoms with Gasteiger partial charge in [0.05, 0.1) is 6.04 Å². The molecular weight excluding hydrogens is 254 g/mol. The van der Waals surface area contributed by atoms with Crippen LogP contribution in [0.5, 0.6) is 17.2 Å². The first-order valence-corrected chi connectivity index (χ1v) is 6.72. The maximum absolute atomic E-state index is 9.96. The first-order chi connectivity index (χ1) is 9.78. The van der Waals surface area contributed by atoms with Gasteiger partial charge in [-0.2, -0.15) is 0 Å². The van der Waals surface area contributed by atoms with Gasteiger partial charge < -0.3 is 19.9 Å². The molecule has 2 N–H and O–H groups in total. The third-order valence-corrected chi connectivity index (χ3v) is 3.43. The maximum atomic E-state index is 9.96. The van der Waals surface area contributed by atoms with Crippen molar-refractivity contribution < 1.29 is 14.6 Å². The van der Waals surface area contributed by atoms with Crippen LogP contribution in [0.15, 0.2) is 42.5 Å². The Balaban J connectivity index is 1.83. The second-order valence-corrected chi connectivity index (χ2v) is 4.73. The van der Waals surface area contributed by atoms with Crippen LogP contribution in [-0.4, -0.2) is 11.9 Å². The van der Waals surface area contributed by atoms with Gasteiger partial charge in [0, 0.05) is 17.3 Å². The van der Waals surface area contributed by atoms with Crippen molar-refractivity contribution >= 4 is 5.69 Å². The van der Waals surface area contributed by atoms with Crippen molar-refractivity contribution in [3.63, 3.8) is 0 Å². The van der Waals surface area contributed by atoms with Crippen LogP contribution in [0.25, 0.3) is 0 Å². The van der Waals surface area contributed by atoms with E-state index >= 15 is 0 Å². The zero-order valence-electron chi connectivity index (χ0n) is 11.3. The first kappa shape index (κ1) is 12.7. The SMILES string of the molecule is CCC(Nc1ccc2c(c1)OCO2)c1ccccc1O. The van der Waals surface area contributed by atoms with Crippen molar-refractivity contribution in [2.75, 3.05) is 12.1 Å². The number of hydrogen-bond acceptors (Lipinski definition) is 4. The zero-order valence-corrected chi connectivity index (χ0v) is 11.3. The monoisotopic (exact) mass is 271 g/mol. The topological polar surface area (TPSA) is 50.7 Å². The number of aromatic hydroxyl groups is 1. The van der Waals surface area contributed by atoms with Crippen molar-refractivity contribution in [2.45, 2.75) is 19.4 Å². The molecule has 4 heteroatoms. The van der Waals surface area contributed by atoms with Gasteiger partial charge in [0.2, 0.25) is 6.79 Å². The Morgan fingerprint density at radius 3 is 2.75 bits per heavy atom. The van der Waals surface area contributed by atoms with E-state index in [1.165, 1.54) is 0 Å². The lowest BCUT2D eigenvalue weighted by atomic mass is 10.0. The molecule has 104 valence electrons. The summed E-state index contributed by atoms with van der Waals surface area (Å²) < 4.78 is 10.7. The second-order valence-electron chi connectivity index (χ2n) is 4.73. The third kappa shape index (κ3) is 2.37. The highest BCUT2D eigenvalue weighted by Gasteiger charge is 2.16. The molecule has 20 heavy (non-hydrogen) atoms. The molecule has 1 aliphatic rings. The van der Waals surface area contributed by atoms with Crippen molar-refractivity contribution in [1.29, 1.82) is 0 Å². The largest absolute Gasteiger partial charge is 0.508 e. The van der Waals surface area contributed by atoms with Crippen molar-refractivity contribution in [3.8, 4) is 17.2 Å². The van der Waals surface area contributed by atoms with Crippen LogP contribution >= 0.6 is 0 Å². The lowest BCUT2D eigenvalue weighted by Crippen LogP contribution is -2.09. The normalized spacial score (nSPS) is 14.1. The fourth-order valence-corrected chi connectivity index (χ4v) is 2.37. The van der Waals surface area contributed by atoms with Gasteiger partial charge in [-0.1, -0.05) is 25.1 Å².